The molecule has 10 heteroatoms. The second-order valence-corrected chi connectivity index (χ2v) is 9.39. The smallest absolute Gasteiger partial charge is 0.258 e. The number of hydrogen-bond donors (Lipinski definition) is 3. The summed E-state index contributed by atoms with van der Waals surface area (Å²) in [6, 6.07) is 12.8. The van der Waals surface area contributed by atoms with Crippen LogP contribution in [0.15, 0.2) is 54.6 Å². The minimum Gasteiger partial charge on any atom is -0.379 e. The van der Waals surface area contributed by atoms with Crippen LogP contribution < -0.4 is 16.0 Å². The topological polar surface area (TPSA) is 99.8 Å². The lowest BCUT2D eigenvalue weighted by molar-refractivity contribution is 0.0374. The third-order valence-electron chi connectivity index (χ3n) is 6.89. The van der Waals surface area contributed by atoms with Crippen LogP contribution >= 0.6 is 0 Å². The van der Waals surface area contributed by atoms with Crippen LogP contribution in [0.2, 0.25) is 0 Å². The Labute approximate surface area is 224 Å². The molecule has 0 bridgehead atoms. The second-order valence-electron chi connectivity index (χ2n) is 9.39. The molecule has 2 heterocycles. The lowest BCUT2D eigenvalue weighted by atomic mass is 9.92. The summed E-state index contributed by atoms with van der Waals surface area (Å²) >= 11 is 0. The van der Waals surface area contributed by atoms with Crippen molar-refractivity contribution in [2.75, 3.05) is 44.7 Å². The SMILES string of the molecule is O=C(Nc1ccc(-c2ccc(C(=O)NCCCN3CCOCC3)c3c2CNC3=O)c(F)c1)c1ccccc1F. The van der Waals surface area contributed by atoms with Gasteiger partial charge in [0.25, 0.3) is 17.7 Å². The van der Waals surface area contributed by atoms with Gasteiger partial charge < -0.3 is 20.7 Å². The number of fused-ring (bicyclic) bond motifs is 1. The van der Waals surface area contributed by atoms with Gasteiger partial charge in [-0.2, -0.15) is 0 Å². The molecule has 0 spiro atoms. The van der Waals surface area contributed by atoms with Gasteiger partial charge in [0.1, 0.15) is 11.6 Å². The summed E-state index contributed by atoms with van der Waals surface area (Å²) in [5.74, 6) is -2.76. The first-order valence-corrected chi connectivity index (χ1v) is 12.8. The van der Waals surface area contributed by atoms with E-state index in [1.54, 1.807) is 6.07 Å². The molecule has 8 nitrogen and oxygen atoms in total. The number of nitrogens with one attached hydrogen (secondary N) is 3. The lowest BCUT2D eigenvalue weighted by Crippen LogP contribution is -2.38. The molecule has 5 rings (SSSR count). The molecule has 0 unspecified atom stereocenters. The molecule has 0 saturated carbocycles. The average Bonchev–Trinajstić information content (AvgIpc) is 3.33. The first kappa shape index (κ1) is 26.5. The van der Waals surface area contributed by atoms with Crippen LogP contribution in [0.3, 0.4) is 0 Å². The van der Waals surface area contributed by atoms with Gasteiger partial charge in [0.15, 0.2) is 0 Å². The average molecular weight is 535 g/mol. The van der Waals surface area contributed by atoms with Crippen molar-refractivity contribution >= 4 is 23.4 Å². The van der Waals surface area contributed by atoms with E-state index in [2.05, 4.69) is 20.9 Å². The summed E-state index contributed by atoms with van der Waals surface area (Å²) in [6.45, 7) is 4.64. The first-order valence-electron chi connectivity index (χ1n) is 12.8. The fraction of sp³-hybridized carbons (Fsp3) is 0.276. The molecule has 202 valence electrons. The van der Waals surface area contributed by atoms with E-state index in [1.165, 1.54) is 42.5 Å². The quantitative estimate of drug-likeness (QED) is 0.384. The Hall–Kier alpha value is -4.15. The van der Waals surface area contributed by atoms with Gasteiger partial charge in [-0.25, -0.2) is 8.78 Å². The van der Waals surface area contributed by atoms with Crippen LogP contribution in [0.5, 0.6) is 0 Å². The summed E-state index contributed by atoms with van der Waals surface area (Å²) < 4.78 is 34.5. The molecule has 3 amide bonds. The molecule has 3 N–H and O–H groups in total. The zero-order valence-electron chi connectivity index (χ0n) is 21.2. The van der Waals surface area contributed by atoms with E-state index in [0.29, 0.717) is 30.9 Å². The summed E-state index contributed by atoms with van der Waals surface area (Å²) in [5.41, 5.74) is 1.69. The lowest BCUT2D eigenvalue weighted by Gasteiger charge is -2.26. The molecule has 0 radical (unpaired) electrons. The molecule has 3 aromatic rings. The van der Waals surface area contributed by atoms with Crippen LogP contribution in [0.4, 0.5) is 14.5 Å². The zero-order valence-corrected chi connectivity index (χ0v) is 21.2. The number of nitrogens with zero attached hydrogens (tertiary/aromatic N) is 1. The number of hydrogen-bond acceptors (Lipinski definition) is 5. The van der Waals surface area contributed by atoms with Gasteiger partial charge in [0.2, 0.25) is 0 Å². The highest BCUT2D eigenvalue weighted by Gasteiger charge is 2.29. The van der Waals surface area contributed by atoms with Crippen molar-refractivity contribution < 1.29 is 27.9 Å². The van der Waals surface area contributed by atoms with Crippen LogP contribution in [-0.2, 0) is 11.3 Å². The summed E-state index contributed by atoms with van der Waals surface area (Å²) in [7, 11) is 0. The van der Waals surface area contributed by atoms with Gasteiger partial charge in [-0.1, -0.05) is 18.2 Å². The summed E-state index contributed by atoms with van der Waals surface area (Å²) in [4.78, 5) is 40.3. The molecule has 1 saturated heterocycles. The summed E-state index contributed by atoms with van der Waals surface area (Å²) in [6.07, 6.45) is 0.767. The van der Waals surface area contributed by atoms with Crippen molar-refractivity contribution in [3.63, 3.8) is 0 Å². The highest BCUT2D eigenvalue weighted by molar-refractivity contribution is 6.11. The fourth-order valence-electron chi connectivity index (χ4n) is 4.87. The van der Waals surface area contributed by atoms with Gasteiger partial charge in [0, 0.05) is 37.4 Å². The van der Waals surface area contributed by atoms with E-state index >= 15 is 4.39 Å². The first-order chi connectivity index (χ1) is 18.9. The number of morpholine rings is 1. The van der Waals surface area contributed by atoms with Crippen molar-refractivity contribution in [3.05, 3.63) is 88.5 Å². The largest absolute Gasteiger partial charge is 0.379 e. The Balaban J connectivity index is 1.30. The minimum atomic E-state index is -0.698. The maximum absolute atomic E-state index is 15.2. The number of ether oxygens (including phenoxy) is 1. The number of rotatable bonds is 8. The van der Waals surface area contributed by atoms with Crippen molar-refractivity contribution in [1.29, 1.82) is 0 Å². The molecule has 0 aliphatic carbocycles. The number of carbonyl (C=O) groups is 3. The highest BCUT2D eigenvalue weighted by atomic mass is 19.1. The molecule has 0 atom stereocenters. The van der Waals surface area contributed by atoms with Crippen molar-refractivity contribution in [3.8, 4) is 11.1 Å². The monoisotopic (exact) mass is 534 g/mol. The van der Waals surface area contributed by atoms with E-state index in [-0.39, 0.29) is 46.3 Å². The standard InChI is InChI=1S/C29H28F2N4O4/c30-24-5-2-1-4-21(24)28(37)34-18-6-7-20(25(31)16-18)19-8-9-22(26-23(19)17-33-29(26)38)27(36)32-10-3-11-35-12-14-39-15-13-35/h1-2,4-9,16H,3,10-15,17H2,(H,32,36)(H,33,38)(H,34,37). The van der Waals surface area contributed by atoms with Crippen molar-refractivity contribution in [2.45, 2.75) is 13.0 Å². The van der Waals surface area contributed by atoms with Crippen molar-refractivity contribution in [1.82, 2.24) is 15.5 Å². The van der Waals surface area contributed by atoms with Gasteiger partial charge in [-0.15, -0.1) is 0 Å². The molecule has 0 aromatic heterocycles. The predicted octanol–water partition coefficient (Wildman–Crippen LogP) is 3.58. The molecular formula is C29H28F2N4O4. The Morgan fingerprint density at radius 1 is 0.923 bits per heavy atom. The van der Waals surface area contributed by atoms with Gasteiger partial charge >= 0.3 is 0 Å². The molecule has 1 fully saturated rings. The number of halogens is 2. The molecule has 3 aromatic carbocycles. The Morgan fingerprint density at radius 3 is 2.46 bits per heavy atom. The summed E-state index contributed by atoms with van der Waals surface area (Å²) in [5, 5.41) is 8.11. The van der Waals surface area contributed by atoms with E-state index in [9.17, 15) is 18.8 Å². The third-order valence-corrected chi connectivity index (χ3v) is 6.89. The number of benzene rings is 3. The van der Waals surface area contributed by atoms with Gasteiger partial charge in [-0.3, -0.25) is 19.3 Å². The van der Waals surface area contributed by atoms with Crippen molar-refractivity contribution in [2.24, 2.45) is 0 Å². The zero-order chi connectivity index (χ0) is 27.4. The van der Waals surface area contributed by atoms with E-state index in [0.717, 1.165) is 32.1 Å². The normalized spacial score (nSPS) is 15.0. The minimum absolute atomic E-state index is 0.153. The molecule has 2 aliphatic heterocycles. The number of carbonyl (C=O) groups excluding carboxylic acids is 3. The molecule has 39 heavy (non-hydrogen) atoms. The molecule has 2 aliphatic rings. The van der Waals surface area contributed by atoms with Crippen LogP contribution in [0.25, 0.3) is 11.1 Å². The fourth-order valence-corrected chi connectivity index (χ4v) is 4.87. The Kier molecular flexibility index (Phi) is 7.94. The maximum atomic E-state index is 15.2. The predicted molar refractivity (Wildman–Crippen MR) is 142 cm³/mol. The number of amides is 3. The van der Waals surface area contributed by atoms with Gasteiger partial charge in [-0.05, 0) is 60.5 Å². The maximum Gasteiger partial charge on any atom is 0.258 e. The van der Waals surface area contributed by atoms with E-state index in [4.69, 9.17) is 4.74 Å². The third kappa shape index (κ3) is 5.81. The van der Waals surface area contributed by atoms with E-state index < -0.39 is 17.5 Å². The molecular weight excluding hydrogens is 506 g/mol. The second kappa shape index (κ2) is 11.7. The Morgan fingerprint density at radius 2 is 1.69 bits per heavy atom. The van der Waals surface area contributed by atoms with Crippen LogP contribution in [0.1, 0.15) is 43.1 Å². The van der Waals surface area contributed by atoms with Gasteiger partial charge in [0.05, 0.1) is 29.9 Å². The van der Waals surface area contributed by atoms with E-state index in [1.807, 2.05) is 0 Å². The van der Waals surface area contributed by atoms with Crippen LogP contribution in [0, 0.1) is 11.6 Å². The Bertz CT molecular complexity index is 1420. The van der Waals surface area contributed by atoms with Crippen LogP contribution in [-0.4, -0.2) is 62.0 Å². The highest BCUT2D eigenvalue weighted by Crippen LogP contribution is 2.34. The number of anilines is 1.